The zero-order chi connectivity index (χ0) is 18.5. The Bertz CT molecular complexity index is 532. The molecule has 0 fully saturated rings. The Balaban J connectivity index is 0.00000625. The first-order valence-electron chi connectivity index (χ1n) is 8.10. The highest BCUT2D eigenvalue weighted by Crippen LogP contribution is 2.20. The summed E-state index contributed by atoms with van der Waals surface area (Å²) in [6.45, 7) is 2.25. The van der Waals surface area contributed by atoms with Crippen molar-refractivity contribution < 1.29 is 17.9 Å². The van der Waals surface area contributed by atoms with Crippen molar-refractivity contribution in [2.45, 2.75) is 32.5 Å². The average Bonchev–Trinajstić information content (AvgIpc) is 2.57. The number of aliphatic imine (C=N–C) groups is 1. The molecule has 0 saturated heterocycles. The van der Waals surface area contributed by atoms with Crippen molar-refractivity contribution in [2.75, 3.05) is 31.7 Å². The van der Waals surface area contributed by atoms with Crippen LogP contribution in [0.4, 0.5) is 13.2 Å². The van der Waals surface area contributed by atoms with Crippen LogP contribution in [0.15, 0.2) is 23.3 Å². The van der Waals surface area contributed by atoms with Crippen LogP contribution in [0, 0.1) is 0 Å². The number of unbranched alkanes of at least 4 members (excludes halogenated alkanes) is 1. The lowest BCUT2D eigenvalue weighted by Gasteiger charge is -2.13. The topological polar surface area (TPSA) is 58.5 Å². The molecule has 0 aliphatic rings. The van der Waals surface area contributed by atoms with Gasteiger partial charge in [-0.1, -0.05) is 6.07 Å². The Morgan fingerprint density at radius 1 is 1.31 bits per heavy atom. The molecule has 5 nitrogen and oxygen atoms in total. The van der Waals surface area contributed by atoms with Crippen molar-refractivity contribution in [3.05, 3.63) is 23.9 Å². The number of thioether (sulfide) groups is 1. The van der Waals surface area contributed by atoms with E-state index in [1.54, 1.807) is 12.1 Å². The molecule has 1 aromatic heterocycles. The summed E-state index contributed by atoms with van der Waals surface area (Å²) in [6, 6.07) is 3.30. The third-order valence-electron chi connectivity index (χ3n) is 3.04. The fraction of sp³-hybridized carbons (Fsp3) is 0.625. The second kappa shape index (κ2) is 14.2. The van der Waals surface area contributed by atoms with Crippen LogP contribution in [-0.4, -0.2) is 48.8 Å². The van der Waals surface area contributed by atoms with Gasteiger partial charge in [0, 0.05) is 24.8 Å². The second-order valence-electron chi connectivity index (χ2n) is 5.19. The number of ether oxygens (including phenoxy) is 1. The molecule has 26 heavy (non-hydrogen) atoms. The molecule has 0 aliphatic heterocycles. The van der Waals surface area contributed by atoms with Gasteiger partial charge in [-0.15, -0.1) is 24.0 Å². The molecule has 1 aromatic rings. The van der Waals surface area contributed by atoms with Gasteiger partial charge in [0.1, 0.15) is 0 Å². The molecule has 0 aliphatic carbocycles. The van der Waals surface area contributed by atoms with Crippen LogP contribution < -0.4 is 15.4 Å². The van der Waals surface area contributed by atoms with E-state index in [2.05, 4.69) is 26.9 Å². The maximum Gasteiger partial charge on any atom is 0.422 e. The van der Waals surface area contributed by atoms with Crippen molar-refractivity contribution >= 4 is 41.7 Å². The summed E-state index contributed by atoms with van der Waals surface area (Å²) in [5.41, 5.74) is 0.506. The molecule has 150 valence electrons. The number of rotatable bonds is 10. The van der Waals surface area contributed by atoms with E-state index in [0.717, 1.165) is 25.1 Å². The first-order chi connectivity index (χ1) is 12.0. The molecule has 0 radical (unpaired) electrons. The number of halogens is 4. The van der Waals surface area contributed by atoms with Crippen molar-refractivity contribution in [3.8, 4) is 5.88 Å². The van der Waals surface area contributed by atoms with Gasteiger partial charge in [-0.2, -0.15) is 24.9 Å². The third-order valence-corrected chi connectivity index (χ3v) is 3.74. The number of hydrogen-bond acceptors (Lipinski definition) is 4. The first-order valence-corrected chi connectivity index (χ1v) is 9.50. The molecular weight excluding hydrogens is 480 g/mol. The minimum Gasteiger partial charge on any atom is -0.468 e. The zero-order valence-corrected chi connectivity index (χ0v) is 18.1. The van der Waals surface area contributed by atoms with Gasteiger partial charge < -0.3 is 15.4 Å². The summed E-state index contributed by atoms with van der Waals surface area (Å²) < 4.78 is 41.7. The average molecular weight is 506 g/mol. The van der Waals surface area contributed by atoms with Crippen LogP contribution in [0.3, 0.4) is 0 Å². The number of guanidine groups is 1. The molecule has 0 spiro atoms. The van der Waals surface area contributed by atoms with E-state index in [-0.39, 0.29) is 36.4 Å². The molecule has 1 rings (SSSR count). The molecule has 1 heterocycles. The summed E-state index contributed by atoms with van der Waals surface area (Å²) in [4.78, 5) is 8.26. The predicted octanol–water partition coefficient (Wildman–Crippen LogP) is 3.84. The summed E-state index contributed by atoms with van der Waals surface area (Å²) in [7, 11) is 0. The third kappa shape index (κ3) is 11.7. The fourth-order valence-electron chi connectivity index (χ4n) is 1.91. The van der Waals surface area contributed by atoms with Crippen molar-refractivity contribution in [1.29, 1.82) is 0 Å². The largest absolute Gasteiger partial charge is 0.468 e. The molecule has 0 unspecified atom stereocenters. The summed E-state index contributed by atoms with van der Waals surface area (Å²) in [5.74, 6) is 1.70. The van der Waals surface area contributed by atoms with E-state index in [4.69, 9.17) is 4.74 Å². The maximum absolute atomic E-state index is 12.3. The van der Waals surface area contributed by atoms with E-state index >= 15 is 0 Å². The summed E-state index contributed by atoms with van der Waals surface area (Å²) in [5, 5.41) is 6.33. The predicted molar refractivity (Wildman–Crippen MR) is 112 cm³/mol. The van der Waals surface area contributed by atoms with Crippen molar-refractivity contribution in [3.63, 3.8) is 0 Å². The quantitative estimate of drug-likeness (QED) is 0.219. The Morgan fingerprint density at radius 2 is 2.08 bits per heavy atom. The van der Waals surface area contributed by atoms with E-state index in [1.807, 2.05) is 18.7 Å². The Morgan fingerprint density at radius 3 is 2.73 bits per heavy atom. The number of nitrogens with zero attached hydrogens (tertiary/aromatic N) is 2. The van der Waals surface area contributed by atoms with E-state index in [0.29, 0.717) is 18.1 Å². The number of alkyl halides is 3. The van der Waals surface area contributed by atoms with Crippen molar-refractivity contribution in [2.24, 2.45) is 4.99 Å². The van der Waals surface area contributed by atoms with E-state index in [1.165, 1.54) is 6.20 Å². The number of aromatic nitrogens is 1. The first kappa shape index (κ1) is 25.1. The SMILES string of the molecule is CCNC(=NCc1cccnc1OCC(F)(F)F)NCCCCSC.I. The lowest BCUT2D eigenvalue weighted by Crippen LogP contribution is -2.37. The molecule has 0 aromatic carbocycles. The van der Waals surface area contributed by atoms with Gasteiger partial charge in [-0.3, -0.25) is 0 Å². The van der Waals surface area contributed by atoms with Gasteiger partial charge in [0.2, 0.25) is 5.88 Å². The van der Waals surface area contributed by atoms with Crippen LogP contribution in [-0.2, 0) is 6.54 Å². The lowest BCUT2D eigenvalue weighted by molar-refractivity contribution is -0.154. The molecule has 0 bridgehead atoms. The van der Waals surface area contributed by atoms with Gasteiger partial charge >= 0.3 is 6.18 Å². The summed E-state index contributed by atoms with van der Waals surface area (Å²) >= 11 is 1.81. The highest BCUT2D eigenvalue weighted by atomic mass is 127. The zero-order valence-electron chi connectivity index (χ0n) is 14.9. The van der Waals surface area contributed by atoms with Crippen LogP contribution in [0.25, 0.3) is 0 Å². The molecule has 0 saturated carbocycles. The van der Waals surface area contributed by atoms with E-state index in [9.17, 15) is 13.2 Å². The normalized spacial score (nSPS) is 11.7. The minimum absolute atomic E-state index is 0. The Labute approximate surface area is 174 Å². The van der Waals surface area contributed by atoms with E-state index < -0.39 is 12.8 Å². The Kier molecular flexibility index (Phi) is 13.7. The number of hydrogen-bond donors (Lipinski definition) is 2. The van der Waals surface area contributed by atoms with Crippen LogP contribution in [0.1, 0.15) is 25.3 Å². The summed E-state index contributed by atoms with van der Waals surface area (Å²) in [6.07, 6.45) is 1.22. The van der Waals surface area contributed by atoms with Crippen LogP contribution >= 0.6 is 35.7 Å². The lowest BCUT2D eigenvalue weighted by atomic mass is 10.3. The number of pyridine rings is 1. The van der Waals surface area contributed by atoms with Gasteiger partial charge in [0.05, 0.1) is 6.54 Å². The fourth-order valence-corrected chi connectivity index (χ4v) is 2.40. The number of nitrogens with one attached hydrogen (secondary N) is 2. The minimum atomic E-state index is -4.40. The molecule has 0 atom stereocenters. The smallest absolute Gasteiger partial charge is 0.422 e. The van der Waals surface area contributed by atoms with Crippen molar-refractivity contribution in [1.82, 2.24) is 15.6 Å². The second-order valence-corrected chi connectivity index (χ2v) is 6.18. The van der Waals surface area contributed by atoms with Gasteiger partial charge in [-0.05, 0) is 37.8 Å². The van der Waals surface area contributed by atoms with Crippen LogP contribution in [0.2, 0.25) is 0 Å². The highest BCUT2D eigenvalue weighted by molar-refractivity contribution is 14.0. The molecule has 0 amide bonds. The standard InChI is InChI=1S/C16H25F3N4OS.HI/c1-3-20-15(22-8-4-5-10-25-2)23-11-13-7-6-9-21-14(13)24-12-16(17,18)19;/h6-7,9H,3-5,8,10-12H2,1-2H3,(H2,20,22,23);1H. The monoisotopic (exact) mass is 506 g/mol. The van der Waals surface area contributed by atoms with Crippen LogP contribution in [0.5, 0.6) is 5.88 Å². The van der Waals surface area contributed by atoms with Gasteiger partial charge in [0.25, 0.3) is 0 Å². The Hall–Kier alpha value is -0.910. The highest BCUT2D eigenvalue weighted by Gasteiger charge is 2.29. The molecule has 10 heteroatoms. The maximum atomic E-state index is 12.3. The van der Waals surface area contributed by atoms with Gasteiger partial charge in [0.15, 0.2) is 12.6 Å². The van der Waals surface area contributed by atoms with Gasteiger partial charge in [-0.25, -0.2) is 9.98 Å². The molecular formula is C16H26F3IN4OS. The molecule has 2 N–H and O–H groups in total.